The zero-order chi connectivity index (χ0) is 23.8. The molecule has 3 N–H and O–H groups in total. The maximum atomic E-state index is 13.2. The van der Waals surface area contributed by atoms with Gasteiger partial charge in [-0.15, -0.1) is 0 Å². The molecule has 2 aromatic carbocycles. The highest BCUT2D eigenvalue weighted by atomic mass is 32.2. The fraction of sp³-hybridized carbons (Fsp3) is 0.318. The summed E-state index contributed by atoms with van der Waals surface area (Å²) in [6.45, 7) is 1.75. The molecule has 0 unspecified atom stereocenters. The number of nitrogens with one attached hydrogen (secondary N) is 3. The smallest absolute Gasteiger partial charge is 0.344 e. The molecular formula is C22H24N4O6S. The van der Waals surface area contributed by atoms with E-state index in [0.29, 0.717) is 10.6 Å². The van der Waals surface area contributed by atoms with Gasteiger partial charge in [0, 0.05) is 11.6 Å². The highest BCUT2D eigenvalue weighted by Crippen LogP contribution is 2.32. The standard InChI is InChI=1S/C22H24N4O6S/c1-3-22(15-7-5-4-6-8-15)20(28)26(21(29)23-22)24-19(27)14-9-12-17(32-2)18(13-14)33(30,31)25-16-10-11-16/h4-9,12-13,16,25H,3,10-11H2,1-2H3,(H,23,29)(H,24,27)/t22-/m1/s1. The summed E-state index contributed by atoms with van der Waals surface area (Å²) in [7, 11) is -2.59. The van der Waals surface area contributed by atoms with Gasteiger partial charge in [0.25, 0.3) is 11.8 Å². The molecule has 0 spiro atoms. The van der Waals surface area contributed by atoms with Crippen LogP contribution in [0.25, 0.3) is 0 Å². The molecule has 1 saturated heterocycles. The first-order valence-electron chi connectivity index (χ1n) is 10.5. The van der Waals surface area contributed by atoms with Crippen LogP contribution in [0.15, 0.2) is 53.4 Å². The molecule has 1 aliphatic carbocycles. The van der Waals surface area contributed by atoms with E-state index in [0.717, 1.165) is 18.9 Å². The quantitative estimate of drug-likeness (QED) is 0.500. The maximum Gasteiger partial charge on any atom is 0.344 e. The highest BCUT2D eigenvalue weighted by molar-refractivity contribution is 7.89. The van der Waals surface area contributed by atoms with E-state index in [-0.39, 0.29) is 28.7 Å². The number of imide groups is 1. The van der Waals surface area contributed by atoms with Gasteiger partial charge >= 0.3 is 6.03 Å². The van der Waals surface area contributed by atoms with Gasteiger partial charge in [-0.25, -0.2) is 17.9 Å². The lowest BCUT2D eigenvalue weighted by molar-refractivity contribution is -0.133. The summed E-state index contributed by atoms with van der Waals surface area (Å²) >= 11 is 0. The molecule has 33 heavy (non-hydrogen) atoms. The van der Waals surface area contributed by atoms with Gasteiger partial charge in [0.05, 0.1) is 7.11 Å². The van der Waals surface area contributed by atoms with Crippen LogP contribution in [0, 0.1) is 0 Å². The zero-order valence-corrected chi connectivity index (χ0v) is 18.9. The summed E-state index contributed by atoms with van der Waals surface area (Å²) in [5.74, 6) is -1.38. The van der Waals surface area contributed by atoms with Crippen LogP contribution in [-0.2, 0) is 20.4 Å². The van der Waals surface area contributed by atoms with Crippen molar-refractivity contribution < 1.29 is 27.5 Å². The van der Waals surface area contributed by atoms with Crippen LogP contribution in [0.5, 0.6) is 5.75 Å². The molecule has 0 bridgehead atoms. The van der Waals surface area contributed by atoms with E-state index in [4.69, 9.17) is 4.74 Å². The Balaban J connectivity index is 1.60. The molecule has 10 nitrogen and oxygen atoms in total. The molecule has 1 heterocycles. The summed E-state index contributed by atoms with van der Waals surface area (Å²) in [6, 6.07) is 11.7. The van der Waals surface area contributed by atoms with Crippen molar-refractivity contribution in [1.82, 2.24) is 20.5 Å². The van der Waals surface area contributed by atoms with E-state index in [9.17, 15) is 22.8 Å². The minimum atomic E-state index is -3.92. The number of ether oxygens (including phenoxy) is 1. The molecule has 0 radical (unpaired) electrons. The second-order valence-electron chi connectivity index (χ2n) is 7.90. The number of nitrogens with zero attached hydrogens (tertiary/aromatic N) is 1. The van der Waals surface area contributed by atoms with Crippen molar-refractivity contribution >= 4 is 27.9 Å². The fourth-order valence-corrected chi connectivity index (χ4v) is 5.22. The molecule has 2 aromatic rings. The molecule has 11 heteroatoms. The van der Waals surface area contributed by atoms with Gasteiger partial charge in [-0.1, -0.05) is 37.3 Å². The van der Waals surface area contributed by atoms with Crippen LogP contribution >= 0.6 is 0 Å². The molecule has 1 saturated carbocycles. The Bertz CT molecular complexity index is 1210. The van der Waals surface area contributed by atoms with E-state index >= 15 is 0 Å². The Morgan fingerprint density at radius 2 is 1.88 bits per heavy atom. The molecular weight excluding hydrogens is 448 g/mol. The third-order valence-corrected chi connectivity index (χ3v) is 7.26. The van der Waals surface area contributed by atoms with Crippen molar-refractivity contribution in [2.24, 2.45) is 0 Å². The average molecular weight is 473 g/mol. The van der Waals surface area contributed by atoms with E-state index < -0.39 is 33.4 Å². The lowest BCUT2D eigenvalue weighted by atomic mass is 9.87. The summed E-state index contributed by atoms with van der Waals surface area (Å²) in [4.78, 5) is 38.5. The first-order chi connectivity index (χ1) is 15.7. The lowest BCUT2D eigenvalue weighted by Crippen LogP contribution is -2.48. The molecule has 0 aromatic heterocycles. The highest BCUT2D eigenvalue weighted by Gasteiger charge is 2.52. The van der Waals surface area contributed by atoms with Crippen LogP contribution in [-0.4, -0.2) is 44.4 Å². The Labute approximate surface area is 191 Å². The number of rotatable bonds is 8. The van der Waals surface area contributed by atoms with E-state index in [1.807, 2.05) is 0 Å². The number of sulfonamides is 1. The van der Waals surface area contributed by atoms with E-state index in [1.165, 1.54) is 19.2 Å². The molecule has 4 amide bonds. The average Bonchev–Trinajstić information content (AvgIpc) is 3.59. The molecule has 4 rings (SSSR count). The third kappa shape index (κ3) is 4.16. The first-order valence-corrected chi connectivity index (χ1v) is 11.9. The summed E-state index contributed by atoms with van der Waals surface area (Å²) in [6.07, 6.45) is 1.76. The van der Waals surface area contributed by atoms with Gasteiger partial charge < -0.3 is 10.1 Å². The Morgan fingerprint density at radius 1 is 1.18 bits per heavy atom. The lowest BCUT2D eigenvalue weighted by Gasteiger charge is -2.25. The minimum absolute atomic E-state index is 0.0544. The predicted molar refractivity (Wildman–Crippen MR) is 118 cm³/mol. The number of hydrogen-bond donors (Lipinski definition) is 3. The van der Waals surface area contributed by atoms with Crippen LogP contribution in [0.2, 0.25) is 0 Å². The van der Waals surface area contributed by atoms with Crippen LogP contribution in [0.1, 0.15) is 42.1 Å². The van der Waals surface area contributed by atoms with Crippen molar-refractivity contribution in [3.8, 4) is 5.75 Å². The number of methoxy groups -OCH3 is 1. The Kier molecular flexibility index (Phi) is 5.85. The SMILES string of the molecule is CC[C@]1(c2ccccc2)NC(=O)N(NC(=O)c2ccc(OC)c(S(=O)(=O)NC3CC3)c2)C1=O. The number of urea groups is 1. The van der Waals surface area contributed by atoms with Gasteiger partial charge in [-0.3, -0.25) is 15.0 Å². The third-order valence-electron chi connectivity index (χ3n) is 5.72. The van der Waals surface area contributed by atoms with Crippen LogP contribution < -0.4 is 20.2 Å². The topological polar surface area (TPSA) is 134 Å². The normalized spacial score (nSPS) is 20.5. The second kappa shape index (κ2) is 8.49. The van der Waals surface area contributed by atoms with Gasteiger partial charge in [-0.2, -0.15) is 5.01 Å². The summed E-state index contributed by atoms with van der Waals surface area (Å²) in [5, 5.41) is 3.29. The fourth-order valence-electron chi connectivity index (χ4n) is 3.72. The van der Waals surface area contributed by atoms with Crippen LogP contribution in [0.4, 0.5) is 4.79 Å². The molecule has 1 aliphatic heterocycles. The van der Waals surface area contributed by atoms with Gasteiger partial charge in [0.1, 0.15) is 16.2 Å². The number of benzene rings is 2. The largest absolute Gasteiger partial charge is 0.495 e. The van der Waals surface area contributed by atoms with E-state index in [2.05, 4.69) is 15.5 Å². The van der Waals surface area contributed by atoms with Crippen molar-refractivity contribution in [3.63, 3.8) is 0 Å². The number of hydrogen-bond acceptors (Lipinski definition) is 6. The van der Waals surface area contributed by atoms with Gasteiger partial charge in [0.15, 0.2) is 0 Å². The zero-order valence-electron chi connectivity index (χ0n) is 18.1. The Hall–Kier alpha value is -3.44. The predicted octanol–water partition coefficient (Wildman–Crippen LogP) is 1.64. The van der Waals surface area contributed by atoms with Crippen LogP contribution in [0.3, 0.4) is 0 Å². The van der Waals surface area contributed by atoms with Crippen molar-refractivity contribution in [1.29, 1.82) is 0 Å². The summed E-state index contributed by atoms with van der Waals surface area (Å²) in [5.41, 5.74) is 1.52. The molecule has 2 fully saturated rings. The second-order valence-corrected chi connectivity index (χ2v) is 9.58. The van der Waals surface area contributed by atoms with Gasteiger partial charge in [0.2, 0.25) is 10.0 Å². The Morgan fingerprint density at radius 3 is 2.48 bits per heavy atom. The van der Waals surface area contributed by atoms with Crippen molar-refractivity contribution in [2.75, 3.05) is 7.11 Å². The maximum absolute atomic E-state index is 13.2. The molecule has 174 valence electrons. The monoisotopic (exact) mass is 472 g/mol. The number of carbonyl (C=O) groups excluding carboxylic acids is 3. The number of amides is 4. The molecule has 1 atom stereocenters. The number of hydrazine groups is 1. The van der Waals surface area contributed by atoms with E-state index in [1.54, 1.807) is 37.3 Å². The van der Waals surface area contributed by atoms with Crippen molar-refractivity contribution in [3.05, 3.63) is 59.7 Å². The van der Waals surface area contributed by atoms with Crippen molar-refractivity contribution in [2.45, 2.75) is 42.7 Å². The van der Waals surface area contributed by atoms with Gasteiger partial charge in [-0.05, 0) is 43.0 Å². The minimum Gasteiger partial charge on any atom is -0.495 e. The molecule has 2 aliphatic rings. The summed E-state index contributed by atoms with van der Waals surface area (Å²) < 4.78 is 33.1. The number of carbonyl (C=O) groups is 3. The first kappa shape index (κ1) is 22.7.